The molecular formula is C22H28N2O3. The summed E-state index contributed by atoms with van der Waals surface area (Å²) in [6.45, 7) is 5.25. The highest BCUT2D eigenvalue weighted by Gasteiger charge is 2.25. The summed E-state index contributed by atoms with van der Waals surface area (Å²) in [5.74, 6) is 1.74. The number of likely N-dealkylation sites (tertiary alicyclic amines) is 1. The molecule has 27 heavy (non-hydrogen) atoms. The Labute approximate surface area is 161 Å². The molecule has 0 aromatic heterocycles. The average Bonchev–Trinajstić information content (AvgIpc) is 2.70. The van der Waals surface area contributed by atoms with Gasteiger partial charge in [0.1, 0.15) is 11.5 Å². The monoisotopic (exact) mass is 368 g/mol. The number of methoxy groups -OCH3 is 1. The minimum Gasteiger partial charge on any atom is -0.497 e. The smallest absolute Gasteiger partial charge is 0.227 e. The number of nitrogens with zero attached hydrogens (tertiary/aromatic N) is 1. The van der Waals surface area contributed by atoms with Crippen LogP contribution in [-0.4, -0.2) is 37.6 Å². The Balaban J connectivity index is 1.52. The van der Waals surface area contributed by atoms with Gasteiger partial charge in [-0.25, -0.2) is 0 Å². The van der Waals surface area contributed by atoms with Gasteiger partial charge in [-0.05, 0) is 62.7 Å². The molecule has 1 heterocycles. The van der Waals surface area contributed by atoms with E-state index in [1.54, 1.807) is 7.11 Å². The first kappa shape index (κ1) is 19.2. The Hall–Kier alpha value is -2.53. The van der Waals surface area contributed by atoms with E-state index in [-0.39, 0.29) is 11.8 Å². The Kier molecular flexibility index (Phi) is 6.71. The number of carbonyl (C=O) groups is 1. The van der Waals surface area contributed by atoms with Crippen molar-refractivity contribution in [3.8, 4) is 11.5 Å². The Bertz CT molecular complexity index is 755. The summed E-state index contributed by atoms with van der Waals surface area (Å²) in [6, 6.07) is 15.8. The molecule has 1 fully saturated rings. The molecule has 0 spiro atoms. The molecule has 144 valence electrons. The molecule has 0 bridgehead atoms. The van der Waals surface area contributed by atoms with Gasteiger partial charge in [-0.2, -0.15) is 0 Å². The molecule has 0 radical (unpaired) electrons. The van der Waals surface area contributed by atoms with Gasteiger partial charge in [0.2, 0.25) is 5.91 Å². The van der Waals surface area contributed by atoms with Gasteiger partial charge in [0.25, 0.3) is 0 Å². The number of hydrogen-bond donors (Lipinski definition) is 1. The maximum atomic E-state index is 12.7. The van der Waals surface area contributed by atoms with E-state index in [0.29, 0.717) is 6.61 Å². The maximum Gasteiger partial charge on any atom is 0.227 e. The molecule has 2 aromatic carbocycles. The van der Waals surface area contributed by atoms with Crippen molar-refractivity contribution < 1.29 is 14.3 Å². The highest BCUT2D eigenvalue weighted by Crippen LogP contribution is 2.26. The second kappa shape index (κ2) is 9.42. The molecule has 3 rings (SSSR count). The van der Waals surface area contributed by atoms with E-state index in [9.17, 15) is 4.79 Å². The van der Waals surface area contributed by atoms with Crippen LogP contribution in [0, 0.1) is 5.92 Å². The number of para-hydroxylation sites is 2. The minimum atomic E-state index is 0.0428. The first-order valence-corrected chi connectivity index (χ1v) is 9.57. The van der Waals surface area contributed by atoms with E-state index in [1.807, 2.05) is 43.3 Å². The van der Waals surface area contributed by atoms with Crippen LogP contribution in [0.15, 0.2) is 48.5 Å². The molecular weight excluding hydrogens is 340 g/mol. The average molecular weight is 368 g/mol. The normalized spacial score (nSPS) is 15.3. The van der Waals surface area contributed by atoms with Crippen molar-refractivity contribution in [3.05, 3.63) is 54.1 Å². The van der Waals surface area contributed by atoms with Crippen LogP contribution in [-0.2, 0) is 11.3 Å². The standard InChI is InChI=1S/C22H28N2O3/c1-3-27-21-10-5-4-9-20(21)23-22(25)18-11-13-24(14-12-18)16-17-7-6-8-19(15-17)26-2/h4-10,15,18H,3,11-14,16H2,1-2H3,(H,23,25). The predicted molar refractivity (Wildman–Crippen MR) is 107 cm³/mol. The molecule has 0 aliphatic carbocycles. The third-order valence-electron chi connectivity index (χ3n) is 4.94. The number of rotatable bonds is 7. The summed E-state index contributed by atoms with van der Waals surface area (Å²) in [5, 5.41) is 3.05. The van der Waals surface area contributed by atoms with Crippen molar-refractivity contribution >= 4 is 11.6 Å². The van der Waals surface area contributed by atoms with E-state index in [1.165, 1.54) is 5.56 Å². The van der Waals surface area contributed by atoms with Crippen LogP contribution in [0.3, 0.4) is 0 Å². The zero-order valence-electron chi connectivity index (χ0n) is 16.1. The fourth-order valence-corrected chi connectivity index (χ4v) is 3.47. The van der Waals surface area contributed by atoms with Crippen LogP contribution in [0.2, 0.25) is 0 Å². The van der Waals surface area contributed by atoms with E-state index in [0.717, 1.165) is 49.7 Å². The van der Waals surface area contributed by atoms with Gasteiger partial charge < -0.3 is 14.8 Å². The summed E-state index contributed by atoms with van der Waals surface area (Å²) >= 11 is 0. The van der Waals surface area contributed by atoms with Crippen LogP contribution in [0.4, 0.5) is 5.69 Å². The van der Waals surface area contributed by atoms with E-state index < -0.39 is 0 Å². The quantitative estimate of drug-likeness (QED) is 0.804. The van der Waals surface area contributed by atoms with Crippen molar-refractivity contribution in [2.24, 2.45) is 5.92 Å². The summed E-state index contributed by atoms with van der Waals surface area (Å²) in [5.41, 5.74) is 1.99. The van der Waals surface area contributed by atoms with E-state index in [2.05, 4.69) is 22.3 Å². The van der Waals surface area contributed by atoms with Gasteiger partial charge in [-0.1, -0.05) is 24.3 Å². The van der Waals surface area contributed by atoms with Crippen molar-refractivity contribution in [3.63, 3.8) is 0 Å². The van der Waals surface area contributed by atoms with Crippen molar-refractivity contribution in [1.29, 1.82) is 0 Å². The van der Waals surface area contributed by atoms with Gasteiger partial charge in [0.15, 0.2) is 0 Å². The second-order valence-electron chi connectivity index (χ2n) is 6.82. The van der Waals surface area contributed by atoms with Crippen LogP contribution in [0.1, 0.15) is 25.3 Å². The lowest BCUT2D eigenvalue weighted by Gasteiger charge is -2.31. The number of anilines is 1. The SMILES string of the molecule is CCOc1ccccc1NC(=O)C1CCN(Cc2cccc(OC)c2)CC1. The lowest BCUT2D eigenvalue weighted by Crippen LogP contribution is -2.37. The van der Waals surface area contributed by atoms with Gasteiger partial charge in [0.05, 0.1) is 19.4 Å². The number of ether oxygens (including phenoxy) is 2. The van der Waals surface area contributed by atoms with Crippen molar-refractivity contribution in [2.45, 2.75) is 26.3 Å². The van der Waals surface area contributed by atoms with Crippen LogP contribution in [0.25, 0.3) is 0 Å². The van der Waals surface area contributed by atoms with Gasteiger partial charge >= 0.3 is 0 Å². The molecule has 1 aliphatic heterocycles. The molecule has 1 amide bonds. The number of amides is 1. The van der Waals surface area contributed by atoms with E-state index >= 15 is 0 Å². The largest absolute Gasteiger partial charge is 0.497 e. The summed E-state index contributed by atoms with van der Waals surface area (Å²) in [6.07, 6.45) is 1.74. The summed E-state index contributed by atoms with van der Waals surface area (Å²) in [4.78, 5) is 15.1. The van der Waals surface area contributed by atoms with Crippen LogP contribution < -0.4 is 14.8 Å². The van der Waals surface area contributed by atoms with E-state index in [4.69, 9.17) is 9.47 Å². The molecule has 5 heteroatoms. The third-order valence-corrected chi connectivity index (χ3v) is 4.94. The highest BCUT2D eigenvalue weighted by atomic mass is 16.5. The lowest BCUT2D eigenvalue weighted by molar-refractivity contribution is -0.121. The molecule has 0 unspecified atom stereocenters. The summed E-state index contributed by atoms with van der Waals surface area (Å²) < 4.78 is 10.9. The molecule has 0 saturated carbocycles. The first-order chi connectivity index (χ1) is 13.2. The molecule has 0 atom stereocenters. The predicted octanol–water partition coefficient (Wildman–Crippen LogP) is 3.94. The molecule has 2 aromatic rings. The fraction of sp³-hybridized carbons (Fsp3) is 0.409. The lowest BCUT2D eigenvalue weighted by atomic mass is 9.95. The maximum absolute atomic E-state index is 12.7. The van der Waals surface area contributed by atoms with Crippen LogP contribution in [0.5, 0.6) is 11.5 Å². The molecule has 5 nitrogen and oxygen atoms in total. The Morgan fingerprint density at radius 3 is 2.67 bits per heavy atom. The molecule has 1 aliphatic rings. The number of piperidine rings is 1. The second-order valence-corrected chi connectivity index (χ2v) is 6.82. The fourth-order valence-electron chi connectivity index (χ4n) is 3.47. The van der Waals surface area contributed by atoms with Crippen molar-refractivity contribution in [1.82, 2.24) is 4.90 Å². The third kappa shape index (κ3) is 5.23. The zero-order valence-corrected chi connectivity index (χ0v) is 16.1. The minimum absolute atomic E-state index is 0.0428. The zero-order chi connectivity index (χ0) is 19.1. The Morgan fingerprint density at radius 2 is 1.93 bits per heavy atom. The number of benzene rings is 2. The Morgan fingerprint density at radius 1 is 1.15 bits per heavy atom. The summed E-state index contributed by atoms with van der Waals surface area (Å²) in [7, 11) is 1.69. The van der Waals surface area contributed by atoms with Gasteiger partial charge in [0, 0.05) is 12.5 Å². The van der Waals surface area contributed by atoms with Gasteiger partial charge in [-0.15, -0.1) is 0 Å². The van der Waals surface area contributed by atoms with Crippen molar-refractivity contribution in [2.75, 3.05) is 32.1 Å². The number of carbonyl (C=O) groups excluding carboxylic acids is 1. The number of hydrogen-bond acceptors (Lipinski definition) is 4. The van der Waals surface area contributed by atoms with Crippen LogP contribution >= 0.6 is 0 Å². The number of nitrogens with one attached hydrogen (secondary N) is 1. The van der Waals surface area contributed by atoms with Gasteiger partial charge in [-0.3, -0.25) is 9.69 Å². The highest BCUT2D eigenvalue weighted by molar-refractivity contribution is 5.94. The molecule has 1 saturated heterocycles. The topological polar surface area (TPSA) is 50.8 Å². The first-order valence-electron chi connectivity index (χ1n) is 9.57. The molecule has 1 N–H and O–H groups in total.